The quantitative estimate of drug-likeness (QED) is 0.909. The van der Waals surface area contributed by atoms with E-state index in [0.29, 0.717) is 5.02 Å². The molecule has 0 amide bonds. The van der Waals surface area contributed by atoms with Gasteiger partial charge in [0.2, 0.25) is 0 Å². The summed E-state index contributed by atoms with van der Waals surface area (Å²) in [6.45, 7) is 0. The van der Waals surface area contributed by atoms with Crippen LogP contribution in [0.15, 0.2) is 65.8 Å². The molecule has 0 aromatic heterocycles. The lowest BCUT2D eigenvalue weighted by Gasteiger charge is -2.17. The van der Waals surface area contributed by atoms with Crippen molar-refractivity contribution in [3.63, 3.8) is 0 Å². The Hall–Kier alpha value is -2.46. The highest BCUT2D eigenvalue weighted by atomic mass is 35.5. The summed E-state index contributed by atoms with van der Waals surface area (Å²) in [5.41, 5.74) is 8.03. The second kappa shape index (κ2) is 5.67. The number of hydrogen-bond acceptors (Lipinski definition) is 4. The second-order valence-electron chi connectivity index (χ2n) is 4.27. The van der Waals surface area contributed by atoms with Crippen molar-refractivity contribution in [2.75, 3.05) is 5.12 Å². The van der Waals surface area contributed by atoms with Crippen LogP contribution in [0.4, 0.5) is 5.69 Å². The third-order valence-corrected chi connectivity index (χ3v) is 3.03. The summed E-state index contributed by atoms with van der Waals surface area (Å²) in [5, 5.41) is 6.57. The predicted molar refractivity (Wildman–Crippen MR) is 83.1 cm³/mol. The van der Waals surface area contributed by atoms with Crippen molar-refractivity contribution in [3.8, 4) is 0 Å². The molecular formula is C15H13ClN4. The van der Waals surface area contributed by atoms with Crippen molar-refractivity contribution in [1.29, 1.82) is 0 Å². The third kappa shape index (κ3) is 2.92. The molecule has 1 aliphatic heterocycles. The van der Waals surface area contributed by atoms with Gasteiger partial charge in [-0.1, -0.05) is 54.1 Å². The van der Waals surface area contributed by atoms with Gasteiger partial charge >= 0.3 is 0 Å². The third-order valence-electron chi connectivity index (χ3n) is 2.80. The number of hydrogen-bond donors (Lipinski definition) is 2. The van der Waals surface area contributed by atoms with E-state index in [-0.39, 0.29) is 0 Å². The van der Waals surface area contributed by atoms with E-state index >= 15 is 0 Å². The molecule has 0 bridgehead atoms. The van der Waals surface area contributed by atoms with Crippen LogP contribution in [0, 0.1) is 0 Å². The molecule has 0 unspecified atom stereocenters. The van der Waals surface area contributed by atoms with Crippen LogP contribution >= 0.6 is 11.6 Å². The van der Waals surface area contributed by atoms with Crippen LogP contribution in [0.1, 0.15) is 5.56 Å². The lowest BCUT2D eigenvalue weighted by molar-refractivity contribution is 0.684. The first kappa shape index (κ1) is 12.6. The Morgan fingerprint density at radius 1 is 1.00 bits per heavy atom. The summed E-state index contributed by atoms with van der Waals surface area (Å²) in [6, 6.07) is 17.6. The molecule has 5 heteroatoms. The summed E-state index contributed by atoms with van der Waals surface area (Å²) in [6.07, 6.45) is 3.90. The van der Waals surface area contributed by atoms with Gasteiger partial charge in [-0.05, 0) is 29.8 Å². The molecule has 100 valence electrons. The Kier molecular flexibility index (Phi) is 3.56. The fraction of sp³-hybridized carbons (Fsp3) is 0. The van der Waals surface area contributed by atoms with E-state index in [4.69, 9.17) is 11.6 Å². The van der Waals surface area contributed by atoms with Gasteiger partial charge in [0.25, 0.3) is 0 Å². The van der Waals surface area contributed by atoms with Gasteiger partial charge in [0.15, 0.2) is 5.84 Å². The predicted octanol–water partition coefficient (Wildman–Crippen LogP) is 3.20. The van der Waals surface area contributed by atoms with Gasteiger partial charge in [0.05, 0.1) is 5.69 Å². The van der Waals surface area contributed by atoms with Crippen LogP contribution in [-0.2, 0) is 0 Å². The number of anilines is 1. The van der Waals surface area contributed by atoms with Gasteiger partial charge in [0, 0.05) is 5.02 Å². The Bertz CT molecular complexity index is 652. The van der Waals surface area contributed by atoms with Crippen LogP contribution in [-0.4, -0.2) is 5.84 Å². The van der Waals surface area contributed by atoms with E-state index in [1.165, 1.54) is 0 Å². The van der Waals surface area contributed by atoms with Crippen LogP contribution in [0.25, 0.3) is 6.08 Å². The highest BCUT2D eigenvalue weighted by Crippen LogP contribution is 2.18. The average molecular weight is 285 g/mol. The molecule has 4 nitrogen and oxygen atoms in total. The number of nitrogens with zero attached hydrogens (tertiary/aromatic N) is 2. The smallest absolute Gasteiger partial charge is 0.168 e. The van der Waals surface area contributed by atoms with E-state index in [1.54, 1.807) is 5.12 Å². The highest BCUT2D eigenvalue weighted by molar-refractivity contribution is 6.30. The lowest BCUT2D eigenvalue weighted by atomic mass is 10.2. The molecule has 2 aromatic carbocycles. The number of nitrogens with one attached hydrogen (secondary N) is 2. The van der Waals surface area contributed by atoms with Gasteiger partial charge < -0.3 is 0 Å². The maximum absolute atomic E-state index is 5.97. The Labute approximate surface area is 122 Å². The number of hydrazone groups is 1. The largest absolute Gasteiger partial charge is 0.260 e. The normalized spacial score (nSPS) is 14.1. The molecule has 1 heterocycles. The summed E-state index contributed by atoms with van der Waals surface area (Å²) >= 11 is 5.97. The summed E-state index contributed by atoms with van der Waals surface area (Å²) in [4.78, 5) is 0. The maximum atomic E-state index is 5.97. The second-order valence-corrected chi connectivity index (χ2v) is 4.70. The first-order valence-corrected chi connectivity index (χ1v) is 6.58. The molecule has 0 fully saturated rings. The molecule has 2 N–H and O–H groups in total. The molecule has 3 rings (SSSR count). The monoisotopic (exact) mass is 284 g/mol. The molecular weight excluding hydrogens is 272 g/mol. The summed E-state index contributed by atoms with van der Waals surface area (Å²) in [7, 11) is 0. The minimum Gasteiger partial charge on any atom is -0.260 e. The number of halogens is 1. The number of hydrazine groups is 2. The molecule has 20 heavy (non-hydrogen) atoms. The molecule has 1 aliphatic rings. The fourth-order valence-electron chi connectivity index (χ4n) is 1.82. The van der Waals surface area contributed by atoms with E-state index in [9.17, 15) is 0 Å². The summed E-state index contributed by atoms with van der Waals surface area (Å²) in [5.74, 6) is 0.730. The van der Waals surface area contributed by atoms with Crippen molar-refractivity contribution in [2.45, 2.75) is 0 Å². The molecule has 0 saturated heterocycles. The highest BCUT2D eigenvalue weighted by Gasteiger charge is 2.12. The zero-order valence-electron chi connectivity index (χ0n) is 10.6. The number of amidine groups is 1. The first-order chi connectivity index (χ1) is 9.81. The molecule has 0 atom stereocenters. The maximum Gasteiger partial charge on any atom is 0.168 e. The first-order valence-electron chi connectivity index (χ1n) is 6.20. The van der Waals surface area contributed by atoms with Gasteiger partial charge in [-0.25, -0.2) is 0 Å². The van der Waals surface area contributed by atoms with E-state index in [2.05, 4.69) is 16.1 Å². The SMILES string of the molecule is Clc1cccc(N2NN=C(C=Cc3ccccc3)N2)c1. The van der Waals surface area contributed by atoms with Crippen molar-refractivity contribution in [2.24, 2.45) is 5.10 Å². The Morgan fingerprint density at radius 2 is 1.85 bits per heavy atom. The molecule has 2 aromatic rings. The van der Waals surface area contributed by atoms with Crippen LogP contribution in [0.2, 0.25) is 5.02 Å². The van der Waals surface area contributed by atoms with Gasteiger partial charge in [-0.2, -0.15) is 10.7 Å². The van der Waals surface area contributed by atoms with Gasteiger partial charge in [0.1, 0.15) is 0 Å². The molecule has 0 spiro atoms. The number of rotatable bonds is 3. The van der Waals surface area contributed by atoms with Crippen molar-refractivity contribution in [1.82, 2.24) is 11.0 Å². The topological polar surface area (TPSA) is 39.7 Å². The molecule has 0 radical (unpaired) electrons. The van der Waals surface area contributed by atoms with Crippen LogP contribution < -0.4 is 16.1 Å². The fourth-order valence-corrected chi connectivity index (χ4v) is 2.00. The zero-order chi connectivity index (χ0) is 13.8. The standard InChI is InChI=1S/C15H13ClN4/c16-13-7-4-8-14(11-13)20-18-15(17-19-20)10-9-12-5-2-1-3-6-12/h1-11,19H,(H,17,18). The Morgan fingerprint density at radius 3 is 2.65 bits per heavy atom. The van der Waals surface area contributed by atoms with Gasteiger partial charge in [-0.15, -0.1) is 5.10 Å². The van der Waals surface area contributed by atoms with E-state index < -0.39 is 0 Å². The Balaban J connectivity index is 1.66. The minimum atomic E-state index is 0.680. The van der Waals surface area contributed by atoms with E-state index in [0.717, 1.165) is 17.1 Å². The minimum absolute atomic E-state index is 0.680. The molecule has 0 saturated carbocycles. The molecule has 0 aliphatic carbocycles. The number of benzene rings is 2. The lowest BCUT2D eigenvalue weighted by Crippen LogP contribution is -2.41. The van der Waals surface area contributed by atoms with Crippen molar-refractivity contribution < 1.29 is 0 Å². The summed E-state index contributed by atoms with van der Waals surface area (Å²) < 4.78 is 0. The van der Waals surface area contributed by atoms with Gasteiger partial charge in [-0.3, -0.25) is 5.43 Å². The van der Waals surface area contributed by atoms with Crippen LogP contribution in [0.5, 0.6) is 0 Å². The van der Waals surface area contributed by atoms with Crippen molar-refractivity contribution >= 4 is 29.2 Å². The average Bonchev–Trinajstić information content (AvgIpc) is 2.95. The zero-order valence-corrected chi connectivity index (χ0v) is 11.4. The van der Waals surface area contributed by atoms with E-state index in [1.807, 2.05) is 66.7 Å². The van der Waals surface area contributed by atoms with Crippen molar-refractivity contribution in [3.05, 3.63) is 71.3 Å². The van der Waals surface area contributed by atoms with Crippen LogP contribution in [0.3, 0.4) is 0 Å².